The molecule has 0 aliphatic rings. The molecule has 5 nitrogen and oxygen atoms in total. The number of nitrogens with one attached hydrogen (secondary N) is 1. The predicted octanol–water partition coefficient (Wildman–Crippen LogP) is 1.01. The molecule has 1 aromatic heterocycles. The third kappa shape index (κ3) is 3.51. The van der Waals surface area contributed by atoms with Gasteiger partial charge in [0, 0.05) is 26.1 Å². The molecular weight excluding hydrogens is 220 g/mol. The van der Waals surface area contributed by atoms with E-state index in [1.807, 2.05) is 0 Å². The zero-order chi connectivity index (χ0) is 12.7. The molecule has 0 aromatic carbocycles. The largest absolute Gasteiger partial charge is 0.480 e. The molecule has 17 heavy (non-hydrogen) atoms. The summed E-state index contributed by atoms with van der Waals surface area (Å²) in [5, 5.41) is 12.4. The van der Waals surface area contributed by atoms with E-state index in [0.29, 0.717) is 18.7 Å². The van der Waals surface area contributed by atoms with E-state index >= 15 is 0 Å². The Morgan fingerprint density at radius 1 is 1.53 bits per heavy atom. The number of hydrogen-bond donors (Lipinski definition) is 2. The highest BCUT2D eigenvalue weighted by Gasteiger charge is 2.34. The first kappa shape index (κ1) is 13.6. The Morgan fingerprint density at radius 3 is 2.71 bits per heavy atom. The van der Waals surface area contributed by atoms with Crippen LogP contribution in [0.3, 0.4) is 0 Å². The van der Waals surface area contributed by atoms with Crippen LogP contribution in [0.2, 0.25) is 0 Å². The summed E-state index contributed by atoms with van der Waals surface area (Å²) in [6.07, 6.45) is 3.95. The maximum absolute atomic E-state index is 11.4. The summed E-state index contributed by atoms with van der Waals surface area (Å²) in [6, 6.07) is 3.41. The quantitative estimate of drug-likeness (QED) is 0.694. The highest BCUT2D eigenvalue weighted by molar-refractivity contribution is 5.80. The van der Waals surface area contributed by atoms with Crippen molar-refractivity contribution in [3.63, 3.8) is 0 Å². The van der Waals surface area contributed by atoms with Gasteiger partial charge >= 0.3 is 5.97 Å². The van der Waals surface area contributed by atoms with Crippen molar-refractivity contribution >= 4 is 5.97 Å². The first-order valence-electron chi connectivity index (χ1n) is 5.49. The Kier molecular flexibility index (Phi) is 5.06. The first-order chi connectivity index (χ1) is 8.11. The Balaban J connectivity index is 2.73. The molecule has 1 rings (SSSR count). The highest BCUT2D eigenvalue weighted by atomic mass is 16.5. The average molecular weight is 238 g/mol. The van der Waals surface area contributed by atoms with Crippen molar-refractivity contribution in [2.45, 2.75) is 18.9 Å². The van der Waals surface area contributed by atoms with Gasteiger partial charge in [-0.1, -0.05) is 0 Å². The lowest BCUT2D eigenvalue weighted by Crippen LogP contribution is -2.47. The molecule has 0 aliphatic carbocycles. The molecule has 5 heteroatoms. The molecule has 94 valence electrons. The fraction of sp³-hybridized carbons (Fsp3) is 0.500. The van der Waals surface area contributed by atoms with Gasteiger partial charge in [-0.25, -0.2) is 4.79 Å². The number of carbonyl (C=O) groups is 1. The second-order valence-corrected chi connectivity index (χ2v) is 3.94. The second-order valence-electron chi connectivity index (χ2n) is 3.94. The third-order valence-corrected chi connectivity index (χ3v) is 2.69. The van der Waals surface area contributed by atoms with Crippen molar-refractivity contribution in [1.82, 2.24) is 10.3 Å². The minimum atomic E-state index is -1.09. The van der Waals surface area contributed by atoms with Crippen LogP contribution in [-0.2, 0) is 15.1 Å². The fourth-order valence-corrected chi connectivity index (χ4v) is 1.54. The fourth-order valence-electron chi connectivity index (χ4n) is 1.54. The maximum Gasteiger partial charge on any atom is 0.328 e. The van der Waals surface area contributed by atoms with Crippen LogP contribution in [0.5, 0.6) is 0 Å². The standard InChI is InChI=1S/C12H18N2O3/c1-12(11(15)16,14-6-3-9-17-2)10-4-7-13-8-5-10/h4-5,7-8,14H,3,6,9H2,1-2H3,(H,15,16). The van der Waals surface area contributed by atoms with Gasteiger partial charge in [0.2, 0.25) is 0 Å². The van der Waals surface area contributed by atoms with Gasteiger partial charge in [-0.05, 0) is 37.6 Å². The molecule has 0 spiro atoms. The number of ether oxygens (including phenoxy) is 1. The summed E-state index contributed by atoms with van der Waals surface area (Å²) >= 11 is 0. The lowest BCUT2D eigenvalue weighted by molar-refractivity contribution is -0.144. The Labute approximate surface area is 101 Å². The molecule has 1 atom stereocenters. The van der Waals surface area contributed by atoms with Crippen molar-refractivity contribution in [3.8, 4) is 0 Å². The molecule has 1 heterocycles. The topological polar surface area (TPSA) is 71.5 Å². The van der Waals surface area contributed by atoms with E-state index in [2.05, 4.69) is 10.3 Å². The molecule has 1 unspecified atom stereocenters. The summed E-state index contributed by atoms with van der Waals surface area (Å²) in [6.45, 7) is 2.84. The van der Waals surface area contributed by atoms with Gasteiger partial charge in [0.05, 0.1) is 0 Å². The molecule has 0 saturated heterocycles. The molecule has 0 radical (unpaired) electrons. The SMILES string of the molecule is COCCCNC(C)(C(=O)O)c1ccncc1. The number of methoxy groups -OCH3 is 1. The van der Waals surface area contributed by atoms with Gasteiger partial charge in [0.25, 0.3) is 0 Å². The number of aromatic nitrogens is 1. The molecule has 2 N–H and O–H groups in total. The monoisotopic (exact) mass is 238 g/mol. The Morgan fingerprint density at radius 2 is 2.18 bits per heavy atom. The Bertz CT molecular complexity index is 356. The van der Waals surface area contributed by atoms with Crippen LogP contribution in [0, 0.1) is 0 Å². The van der Waals surface area contributed by atoms with E-state index in [0.717, 1.165) is 6.42 Å². The minimum absolute atomic E-state index is 0.582. The third-order valence-electron chi connectivity index (χ3n) is 2.69. The van der Waals surface area contributed by atoms with Crippen LogP contribution in [0.4, 0.5) is 0 Å². The van der Waals surface area contributed by atoms with Crippen molar-refractivity contribution in [1.29, 1.82) is 0 Å². The van der Waals surface area contributed by atoms with Crippen LogP contribution < -0.4 is 5.32 Å². The van der Waals surface area contributed by atoms with Crippen LogP contribution >= 0.6 is 0 Å². The smallest absolute Gasteiger partial charge is 0.328 e. The lowest BCUT2D eigenvalue weighted by atomic mass is 9.93. The molecule has 1 aromatic rings. The van der Waals surface area contributed by atoms with Gasteiger partial charge in [0.1, 0.15) is 5.54 Å². The van der Waals surface area contributed by atoms with Gasteiger partial charge in [-0.2, -0.15) is 0 Å². The summed E-state index contributed by atoms with van der Waals surface area (Å²) in [5.74, 6) is -0.902. The van der Waals surface area contributed by atoms with Gasteiger partial charge in [-0.3, -0.25) is 10.3 Å². The van der Waals surface area contributed by atoms with Crippen molar-refractivity contribution in [2.75, 3.05) is 20.3 Å². The summed E-state index contributed by atoms with van der Waals surface area (Å²) in [4.78, 5) is 15.3. The van der Waals surface area contributed by atoms with Gasteiger partial charge < -0.3 is 9.84 Å². The minimum Gasteiger partial charge on any atom is -0.480 e. The maximum atomic E-state index is 11.4. The van der Waals surface area contributed by atoms with Crippen molar-refractivity contribution in [3.05, 3.63) is 30.1 Å². The highest BCUT2D eigenvalue weighted by Crippen LogP contribution is 2.20. The summed E-state index contributed by atoms with van der Waals surface area (Å²) in [5.41, 5.74) is -0.395. The van der Waals surface area contributed by atoms with E-state index in [4.69, 9.17) is 4.74 Å². The normalized spacial score (nSPS) is 14.2. The van der Waals surface area contributed by atoms with Crippen LogP contribution in [0.1, 0.15) is 18.9 Å². The van der Waals surface area contributed by atoms with Crippen LogP contribution in [0.25, 0.3) is 0 Å². The first-order valence-corrected chi connectivity index (χ1v) is 5.49. The molecule has 0 saturated carbocycles. The number of rotatable bonds is 7. The van der Waals surface area contributed by atoms with Crippen LogP contribution in [-0.4, -0.2) is 36.3 Å². The van der Waals surface area contributed by atoms with Gasteiger partial charge in [0.15, 0.2) is 0 Å². The molecular formula is C12H18N2O3. The summed E-state index contributed by atoms with van der Waals surface area (Å²) in [7, 11) is 1.62. The van der Waals surface area contributed by atoms with E-state index in [1.165, 1.54) is 0 Å². The average Bonchev–Trinajstić information content (AvgIpc) is 2.35. The van der Waals surface area contributed by atoms with Gasteiger partial charge in [-0.15, -0.1) is 0 Å². The Hall–Kier alpha value is -1.46. The zero-order valence-corrected chi connectivity index (χ0v) is 10.1. The molecule has 0 amide bonds. The number of carboxylic acid groups (broad SMARTS) is 1. The molecule has 0 bridgehead atoms. The molecule has 0 fully saturated rings. The van der Waals surface area contributed by atoms with E-state index < -0.39 is 11.5 Å². The number of aliphatic carboxylic acids is 1. The zero-order valence-electron chi connectivity index (χ0n) is 10.1. The van der Waals surface area contributed by atoms with Crippen molar-refractivity contribution < 1.29 is 14.6 Å². The number of pyridine rings is 1. The van der Waals surface area contributed by atoms with E-state index in [9.17, 15) is 9.90 Å². The van der Waals surface area contributed by atoms with E-state index in [-0.39, 0.29) is 0 Å². The number of nitrogens with zero attached hydrogens (tertiary/aromatic N) is 1. The number of hydrogen-bond acceptors (Lipinski definition) is 4. The predicted molar refractivity (Wildman–Crippen MR) is 63.7 cm³/mol. The summed E-state index contributed by atoms with van der Waals surface area (Å²) < 4.78 is 4.93. The molecule has 0 aliphatic heterocycles. The second kappa shape index (κ2) is 6.32. The van der Waals surface area contributed by atoms with Crippen LogP contribution in [0.15, 0.2) is 24.5 Å². The van der Waals surface area contributed by atoms with E-state index in [1.54, 1.807) is 38.6 Å². The van der Waals surface area contributed by atoms with Crippen molar-refractivity contribution in [2.24, 2.45) is 0 Å². The number of carboxylic acids is 1. The lowest BCUT2D eigenvalue weighted by Gasteiger charge is -2.26.